The fourth-order valence-corrected chi connectivity index (χ4v) is 2.91. The Hall–Kier alpha value is -0.600. The van der Waals surface area contributed by atoms with Crippen LogP contribution < -0.4 is 5.32 Å². The van der Waals surface area contributed by atoms with Crippen LogP contribution in [0.1, 0.15) is 30.7 Å². The number of aromatic nitrogens is 1. The summed E-state index contributed by atoms with van der Waals surface area (Å²) in [5.41, 5.74) is 1.34. The summed E-state index contributed by atoms with van der Waals surface area (Å²) >= 11 is 5.77. The fraction of sp³-hybridized carbons (Fsp3) is 0.545. The maximum Gasteiger partial charge on any atom is 0.129 e. The lowest BCUT2D eigenvalue weighted by atomic mass is 9.85. The minimum absolute atomic E-state index is 0.588. The normalized spacial score (nSPS) is 35.1. The van der Waals surface area contributed by atoms with Crippen LogP contribution in [-0.4, -0.2) is 17.1 Å². The van der Waals surface area contributed by atoms with Gasteiger partial charge in [-0.05, 0) is 30.9 Å². The van der Waals surface area contributed by atoms with Crippen LogP contribution in [-0.2, 0) is 0 Å². The van der Waals surface area contributed by atoms with E-state index in [9.17, 15) is 0 Å². The van der Waals surface area contributed by atoms with Gasteiger partial charge in [-0.25, -0.2) is 4.98 Å². The molecule has 1 aromatic rings. The molecule has 74 valence electrons. The van der Waals surface area contributed by atoms with Crippen molar-refractivity contribution in [2.45, 2.75) is 37.3 Å². The van der Waals surface area contributed by atoms with E-state index in [0.717, 1.165) is 6.04 Å². The van der Waals surface area contributed by atoms with Gasteiger partial charge in [0.05, 0.1) is 0 Å². The van der Waals surface area contributed by atoms with Gasteiger partial charge in [-0.15, -0.1) is 0 Å². The van der Waals surface area contributed by atoms with Crippen LogP contribution in [0.15, 0.2) is 18.3 Å². The van der Waals surface area contributed by atoms with Crippen molar-refractivity contribution in [3.8, 4) is 0 Å². The summed E-state index contributed by atoms with van der Waals surface area (Å²) < 4.78 is 0. The molecular weight excluding hydrogens is 196 g/mol. The Bertz CT molecular complexity index is 336. The van der Waals surface area contributed by atoms with Crippen LogP contribution in [0, 0.1) is 0 Å². The van der Waals surface area contributed by atoms with Crippen molar-refractivity contribution in [2.24, 2.45) is 0 Å². The third-order valence-corrected chi connectivity index (χ3v) is 3.70. The number of nitrogens with zero attached hydrogens (tertiary/aromatic N) is 1. The van der Waals surface area contributed by atoms with Gasteiger partial charge < -0.3 is 5.32 Å². The molecular formula is C11H13ClN2. The second kappa shape index (κ2) is 3.21. The Morgan fingerprint density at radius 3 is 2.86 bits per heavy atom. The lowest BCUT2D eigenvalue weighted by Gasteiger charge is -2.19. The zero-order valence-electron chi connectivity index (χ0n) is 7.91. The summed E-state index contributed by atoms with van der Waals surface area (Å²) in [6, 6.07) is 5.44. The molecule has 2 nitrogen and oxygen atoms in total. The molecule has 1 N–H and O–H groups in total. The molecule has 0 aliphatic carbocycles. The molecule has 3 atom stereocenters. The van der Waals surface area contributed by atoms with Gasteiger partial charge >= 0.3 is 0 Å². The topological polar surface area (TPSA) is 24.9 Å². The first-order valence-electron chi connectivity index (χ1n) is 5.20. The zero-order valence-corrected chi connectivity index (χ0v) is 8.67. The number of hydrogen-bond donors (Lipinski definition) is 1. The lowest BCUT2D eigenvalue weighted by molar-refractivity contribution is 0.505. The molecule has 2 aliphatic rings. The molecule has 0 saturated carbocycles. The summed E-state index contributed by atoms with van der Waals surface area (Å²) in [6.45, 7) is 0. The van der Waals surface area contributed by atoms with Crippen molar-refractivity contribution in [1.29, 1.82) is 0 Å². The summed E-state index contributed by atoms with van der Waals surface area (Å²) in [6.07, 6.45) is 5.86. The van der Waals surface area contributed by atoms with Crippen LogP contribution in [0.5, 0.6) is 0 Å². The van der Waals surface area contributed by atoms with Crippen LogP contribution in [0.3, 0.4) is 0 Å². The van der Waals surface area contributed by atoms with Gasteiger partial charge in [0.15, 0.2) is 0 Å². The quantitative estimate of drug-likeness (QED) is 0.717. The number of hydrogen-bond acceptors (Lipinski definition) is 2. The summed E-state index contributed by atoms with van der Waals surface area (Å²) in [5, 5.41) is 4.22. The maximum absolute atomic E-state index is 5.77. The third-order valence-electron chi connectivity index (χ3n) is 3.48. The van der Waals surface area contributed by atoms with Crippen molar-refractivity contribution in [3.63, 3.8) is 0 Å². The standard InChI is InChI=1S/C11H13ClN2/c12-11-4-1-7(6-13-11)9-5-8-2-3-10(9)14-8/h1,4,6,8-10,14H,2-3,5H2/t8?,9?,10-/m0/s1. The van der Waals surface area contributed by atoms with Gasteiger partial charge in [0.2, 0.25) is 0 Å². The van der Waals surface area contributed by atoms with Crippen LogP contribution in [0.4, 0.5) is 0 Å². The smallest absolute Gasteiger partial charge is 0.129 e. The largest absolute Gasteiger partial charge is 0.311 e. The second-order valence-electron chi connectivity index (χ2n) is 4.30. The molecule has 3 rings (SSSR count). The molecule has 3 heterocycles. The van der Waals surface area contributed by atoms with Crippen molar-refractivity contribution in [2.75, 3.05) is 0 Å². The average Bonchev–Trinajstić information content (AvgIpc) is 2.80. The van der Waals surface area contributed by atoms with Gasteiger partial charge in [-0.2, -0.15) is 0 Å². The minimum atomic E-state index is 0.588. The van der Waals surface area contributed by atoms with E-state index in [-0.39, 0.29) is 0 Å². The summed E-state index contributed by atoms with van der Waals surface area (Å²) in [7, 11) is 0. The maximum atomic E-state index is 5.77. The van der Waals surface area contributed by atoms with Crippen molar-refractivity contribution < 1.29 is 0 Å². The third kappa shape index (κ3) is 1.33. The second-order valence-corrected chi connectivity index (χ2v) is 4.69. The van der Waals surface area contributed by atoms with E-state index in [0.29, 0.717) is 17.1 Å². The van der Waals surface area contributed by atoms with Gasteiger partial charge in [0.1, 0.15) is 5.15 Å². The van der Waals surface area contributed by atoms with Crippen LogP contribution >= 0.6 is 11.6 Å². The molecule has 2 aliphatic heterocycles. The average molecular weight is 209 g/mol. The highest BCUT2D eigenvalue weighted by Crippen LogP contribution is 2.39. The van der Waals surface area contributed by atoms with Gasteiger partial charge in [0, 0.05) is 24.2 Å². The molecule has 0 spiro atoms. The Labute approximate surface area is 88.7 Å². The summed E-state index contributed by atoms with van der Waals surface area (Å²) in [4.78, 5) is 4.14. The van der Waals surface area contributed by atoms with Crippen molar-refractivity contribution >= 4 is 11.6 Å². The molecule has 14 heavy (non-hydrogen) atoms. The van der Waals surface area contributed by atoms with E-state index in [2.05, 4.69) is 16.4 Å². The van der Waals surface area contributed by atoms with Crippen molar-refractivity contribution in [1.82, 2.24) is 10.3 Å². The van der Waals surface area contributed by atoms with Crippen LogP contribution in [0.25, 0.3) is 0 Å². The Kier molecular flexibility index (Phi) is 1.99. The number of fused-ring (bicyclic) bond motifs is 2. The Morgan fingerprint density at radius 1 is 1.36 bits per heavy atom. The zero-order chi connectivity index (χ0) is 9.54. The predicted octanol–water partition coefficient (Wildman–Crippen LogP) is 2.34. The summed E-state index contributed by atoms with van der Waals surface area (Å²) in [5.74, 6) is 0.665. The first-order valence-corrected chi connectivity index (χ1v) is 5.58. The molecule has 2 saturated heterocycles. The molecule has 2 fully saturated rings. The fourth-order valence-electron chi connectivity index (χ4n) is 2.80. The molecule has 2 unspecified atom stereocenters. The van der Waals surface area contributed by atoms with E-state index in [1.54, 1.807) is 0 Å². The van der Waals surface area contributed by atoms with Crippen LogP contribution in [0.2, 0.25) is 5.15 Å². The van der Waals surface area contributed by atoms with Crippen molar-refractivity contribution in [3.05, 3.63) is 29.0 Å². The minimum Gasteiger partial charge on any atom is -0.311 e. The molecule has 0 aromatic carbocycles. The molecule has 3 heteroatoms. The molecule has 0 radical (unpaired) electrons. The Balaban J connectivity index is 1.86. The predicted molar refractivity (Wildman–Crippen MR) is 56.6 cm³/mol. The molecule has 1 aromatic heterocycles. The molecule has 0 amide bonds. The number of rotatable bonds is 1. The van der Waals surface area contributed by atoms with Gasteiger partial charge in [0.25, 0.3) is 0 Å². The monoisotopic (exact) mass is 208 g/mol. The number of nitrogens with one attached hydrogen (secondary N) is 1. The van der Waals surface area contributed by atoms with E-state index in [1.165, 1.54) is 24.8 Å². The van der Waals surface area contributed by atoms with Gasteiger partial charge in [-0.3, -0.25) is 0 Å². The Morgan fingerprint density at radius 2 is 2.29 bits per heavy atom. The van der Waals surface area contributed by atoms with Gasteiger partial charge in [-0.1, -0.05) is 17.7 Å². The first kappa shape index (κ1) is 8.69. The highest BCUT2D eigenvalue weighted by atomic mass is 35.5. The first-order chi connectivity index (χ1) is 6.83. The number of halogens is 1. The van der Waals surface area contributed by atoms with E-state index in [1.807, 2.05) is 12.3 Å². The SMILES string of the molecule is Clc1ccc(C2CC3CC[C@@H]2N3)cn1. The highest BCUT2D eigenvalue weighted by Gasteiger charge is 2.39. The highest BCUT2D eigenvalue weighted by molar-refractivity contribution is 6.29. The molecule has 2 bridgehead atoms. The van der Waals surface area contributed by atoms with E-state index >= 15 is 0 Å². The van der Waals surface area contributed by atoms with E-state index in [4.69, 9.17) is 11.6 Å². The van der Waals surface area contributed by atoms with E-state index < -0.39 is 0 Å². The lowest BCUT2D eigenvalue weighted by Crippen LogP contribution is -2.21. The number of pyridine rings is 1.